The van der Waals surface area contributed by atoms with Crippen LogP contribution in [0.1, 0.15) is 50.7 Å². The minimum Gasteiger partial charge on any atom is -0.497 e. The number of hydrogen-bond donors (Lipinski definition) is 0. The van der Waals surface area contributed by atoms with E-state index in [1.54, 1.807) is 43.2 Å². The number of benzene rings is 1. The zero-order valence-corrected chi connectivity index (χ0v) is 23.7. The first kappa shape index (κ1) is 28.8. The molecule has 0 aliphatic rings. The second-order valence-corrected chi connectivity index (χ2v) is 15.1. The monoisotopic (exact) mass is 522 g/mol. The van der Waals surface area contributed by atoms with E-state index >= 15 is 0 Å². The Kier molecular flexibility index (Phi) is 11.2. The molecule has 1 heterocycles. The topological polar surface area (TPSA) is 81.0 Å². The number of carbonyl (C=O) groups is 1. The first-order chi connectivity index (χ1) is 16.6. The van der Waals surface area contributed by atoms with E-state index in [9.17, 15) is 4.79 Å². The average Bonchev–Trinajstić information content (AvgIpc) is 3.22. The first-order valence-electron chi connectivity index (χ1n) is 11.9. The second kappa shape index (κ2) is 13.6. The van der Waals surface area contributed by atoms with Crippen molar-refractivity contribution in [2.24, 2.45) is 0 Å². The number of methoxy groups -OCH3 is 1. The molecule has 35 heavy (non-hydrogen) atoms. The maximum Gasteiger partial charge on any atom is 0.344 e. The lowest BCUT2D eigenvalue weighted by atomic mass is 10.1. The van der Waals surface area contributed by atoms with E-state index in [1.165, 1.54) is 0 Å². The largest absolute Gasteiger partial charge is 0.497 e. The maximum atomic E-state index is 11.9. The third kappa shape index (κ3) is 8.33. The number of carbonyl (C=O) groups excluding carboxylic acids is 1. The molecule has 8 nitrogen and oxygen atoms in total. The number of hydrogen-bond acceptors (Lipinski definition) is 8. The fourth-order valence-electron chi connectivity index (χ4n) is 3.02. The van der Waals surface area contributed by atoms with Crippen molar-refractivity contribution in [1.29, 1.82) is 0 Å². The summed E-state index contributed by atoms with van der Waals surface area (Å²) >= 11 is 5.85. The molecule has 1 unspecified atom stereocenters. The Labute approximate surface area is 214 Å². The summed E-state index contributed by atoms with van der Waals surface area (Å²) in [5.41, 5.74) is 1.36. The second-order valence-electron chi connectivity index (χ2n) is 9.16. The van der Waals surface area contributed by atoms with Crippen molar-refractivity contribution in [2.45, 2.75) is 65.4 Å². The molecule has 1 aromatic carbocycles. The molecule has 2 rings (SSSR count). The predicted molar refractivity (Wildman–Crippen MR) is 142 cm³/mol. The van der Waals surface area contributed by atoms with Crippen LogP contribution in [-0.2, 0) is 20.7 Å². The lowest BCUT2D eigenvalue weighted by Crippen LogP contribution is -2.39. The lowest BCUT2D eigenvalue weighted by Gasteiger charge is -2.25. The van der Waals surface area contributed by atoms with Gasteiger partial charge in [-0.2, -0.15) is 4.73 Å². The smallest absolute Gasteiger partial charge is 0.344 e. The van der Waals surface area contributed by atoms with E-state index in [0.717, 1.165) is 25.1 Å². The van der Waals surface area contributed by atoms with Crippen LogP contribution >= 0.6 is 12.2 Å². The van der Waals surface area contributed by atoms with Crippen molar-refractivity contribution in [3.63, 3.8) is 0 Å². The van der Waals surface area contributed by atoms with Gasteiger partial charge in [-0.25, -0.2) is 9.78 Å². The van der Waals surface area contributed by atoms with Crippen LogP contribution in [0.4, 0.5) is 0 Å². The Balaban J connectivity index is 2.34. The summed E-state index contributed by atoms with van der Waals surface area (Å²) in [5, 5.41) is 0. The van der Waals surface area contributed by atoms with E-state index in [0.29, 0.717) is 27.6 Å². The average molecular weight is 523 g/mol. The molecule has 0 saturated carbocycles. The number of esters is 1. The molecule has 0 fully saturated rings. The number of thiocarbonyl (C=S) groups is 1. The van der Waals surface area contributed by atoms with Crippen LogP contribution in [0.25, 0.3) is 0 Å². The number of ether oxygens (including phenoxy) is 4. The Hall–Kier alpha value is -2.43. The van der Waals surface area contributed by atoms with Gasteiger partial charge >= 0.3 is 5.97 Å². The van der Waals surface area contributed by atoms with Gasteiger partial charge in [0, 0.05) is 23.8 Å². The van der Waals surface area contributed by atoms with E-state index in [1.807, 2.05) is 0 Å². The molecule has 0 spiro atoms. The van der Waals surface area contributed by atoms with Crippen molar-refractivity contribution in [2.75, 3.05) is 27.1 Å². The summed E-state index contributed by atoms with van der Waals surface area (Å²) in [6.07, 6.45) is 4.45. The summed E-state index contributed by atoms with van der Waals surface area (Å²) in [6.45, 7) is 12.8. The van der Waals surface area contributed by atoms with Crippen LogP contribution in [0, 0.1) is 0 Å². The molecule has 0 saturated heterocycles. The third-order valence-electron chi connectivity index (χ3n) is 5.58. The summed E-state index contributed by atoms with van der Waals surface area (Å²) < 4.78 is 23.7. The van der Waals surface area contributed by atoms with Gasteiger partial charge in [-0.1, -0.05) is 45.2 Å². The third-order valence-corrected chi connectivity index (χ3v) is 8.61. The van der Waals surface area contributed by atoms with Crippen LogP contribution in [0.2, 0.25) is 19.6 Å². The van der Waals surface area contributed by atoms with Crippen molar-refractivity contribution >= 4 is 31.1 Å². The zero-order valence-electron chi connectivity index (χ0n) is 21.9. The van der Waals surface area contributed by atoms with Crippen LogP contribution < -0.4 is 14.3 Å². The Bertz CT molecular complexity index is 989. The molecule has 0 aliphatic carbocycles. The molecule has 2 aromatic rings. The highest BCUT2D eigenvalue weighted by Gasteiger charge is 2.24. The quantitative estimate of drug-likeness (QED) is 0.110. The zero-order chi connectivity index (χ0) is 26.0. The molecule has 1 atom stereocenters. The molecule has 0 radical (unpaired) electrons. The highest BCUT2D eigenvalue weighted by atomic mass is 32.1. The van der Waals surface area contributed by atoms with Crippen molar-refractivity contribution in [3.05, 3.63) is 41.5 Å². The number of unbranched alkanes of at least 4 members (excludes halogenated alkanes) is 1. The van der Waals surface area contributed by atoms with Gasteiger partial charge in [-0.05, 0) is 32.4 Å². The summed E-state index contributed by atoms with van der Waals surface area (Å²) in [5.74, 6) is 1.30. The van der Waals surface area contributed by atoms with Crippen molar-refractivity contribution in [1.82, 2.24) is 9.71 Å². The van der Waals surface area contributed by atoms with Gasteiger partial charge in [0.25, 0.3) is 0 Å². The molecule has 1 aromatic heterocycles. The van der Waals surface area contributed by atoms with Gasteiger partial charge in [0.15, 0.2) is 6.61 Å². The first-order valence-corrected chi connectivity index (χ1v) is 15.9. The van der Waals surface area contributed by atoms with Gasteiger partial charge in [-0.15, -0.1) is 0 Å². The fourth-order valence-corrected chi connectivity index (χ4v) is 3.90. The number of imidazole rings is 1. The van der Waals surface area contributed by atoms with Crippen LogP contribution in [0.15, 0.2) is 24.4 Å². The van der Waals surface area contributed by atoms with Crippen LogP contribution in [0.5, 0.6) is 11.5 Å². The Morgan fingerprint density at radius 2 is 1.97 bits per heavy atom. The molecule has 0 aliphatic heterocycles. The van der Waals surface area contributed by atoms with Gasteiger partial charge in [0.1, 0.15) is 23.0 Å². The Morgan fingerprint density at radius 3 is 2.60 bits per heavy atom. The number of rotatable bonds is 15. The highest BCUT2D eigenvalue weighted by molar-refractivity contribution is 7.81. The molecule has 0 amide bonds. The van der Waals surface area contributed by atoms with E-state index in [-0.39, 0.29) is 25.7 Å². The standard InChI is InChI=1S/C25H38N2O6SSi/c1-8-10-11-23-26-15-21(27(23)33-17-32-18(3)35(5,6)7)25(34)20-13-12-19(29-4)14-22(20)31-16-24(28)30-9-2/h12-15,18H,8-11,16-17H2,1-7H3. The van der Waals surface area contributed by atoms with Crippen LogP contribution in [0.3, 0.4) is 0 Å². The Morgan fingerprint density at radius 1 is 1.23 bits per heavy atom. The fraction of sp³-hybridized carbons (Fsp3) is 0.560. The molecule has 194 valence electrons. The molecule has 0 N–H and O–H groups in total. The van der Waals surface area contributed by atoms with Crippen molar-refractivity contribution in [3.8, 4) is 11.5 Å². The van der Waals surface area contributed by atoms with E-state index < -0.39 is 14.0 Å². The summed E-state index contributed by atoms with van der Waals surface area (Å²) in [4.78, 5) is 23.0. The minimum absolute atomic E-state index is 0.0887. The number of nitrogens with zero attached hydrogens (tertiary/aromatic N) is 2. The summed E-state index contributed by atoms with van der Waals surface area (Å²) in [6, 6.07) is 5.28. The molecular formula is C25H38N2O6SSi. The molecule has 10 heteroatoms. The summed E-state index contributed by atoms with van der Waals surface area (Å²) in [7, 11) is 0.0968. The van der Waals surface area contributed by atoms with Crippen LogP contribution in [-0.4, -0.2) is 61.5 Å². The molecular weight excluding hydrogens is 484 g/mol. The van der Waals surface area contributed by atoms with E-state index in [4.69, 9.17) is 36.0 Å². The lowest BCUT2D eigenvalue weighted by molar-refractivity contribution is -0.145. The number of aryl methyl sites for hydroxylation is 1. The molecule has 0 bridgehead atoms. The van der Waals surface area contributed by atoms with Gasteiger partial charge < -0.3 is 23.8 Å². The van der Waals surface area contributed by atoms with Gasteiger partial charge in [-0.3, -0.25) is 0 Å². The highest BCUT2D eigenvalue weighted by Crippen LogP contribution is 2.28. The predicted octanol–water partition coefficient (Wildman–Crippen LogP) is 4.61. The van der Waals surface area contributed by atoms with Gasteiger partial charge in [0.05, 0.1) is 32.9 Å². The van der Waals surface area contributed by atoms with Gasteiger partial charge in [0.2, 0.25) is 6.79 Å². The minimum atomic E-state index is -1.47. The normalized spacial score (nSPS) is 12.2. The van der Waals surface area contributed by atoms with Crippen molar-refractivity contribution < 1.29 is 28.6 Å². The van der Waals surface area contributed by atoms with E-state index in [2.05, 4.69) is 38.5 Å². The SMILES string of the molecule is CCCCc1ncc(C(=S)c2ccc(OC)cc2OCC(=O)OCC)n1OCOC(C)[Si](C)(C)C. The number of aromatic nitrogens is 2. The maximum absolute atomic E-state index is 11.9.